The van der Waals surface area contributed by atoms with Crippen LogP contribution in [-0.2, 0) is 9.84 Å². The van der Waals surface area contributed by atoms with Gasteiger partial charge in [0.15, 0.2) is 9.84 Å². The van der Waals surface area contributed by atoms with Crippen LogP contribution < -0.4 is 5.32 Å². The van der Waals surface area contributed by atoms with Crippen LogP contribution in [-0.4, -0.2) is 26.5 Å². The van der Waals surface area contributed by atoms with Crippen molar-refractivity contribution in [1.82, 2.24) is 5.32 Å². The average molecular weight is 261 g/mol. The van der Waals surface area contributed by atoms with Gasteiger partial charge in [-0.15, -0.1) is 11.3 Å². The Hall–Kier alpha value is -0.390. The molecule has 2 unspecified atom stereocenters. The first-order valence-corrected chi connectivity index (χ1v) is 8.12. The number of thiophene rings is 1. The topological polar surface area (TPSA) is 46.2 Å². The molecule has 1 aromatic rings. The molecule has 2 atom stereocenters. The van der Waals surface area contributed by atoms with Crippen molar-refractivity contribution in [3.8, 4) is 0 Å². The molecule has 0 aliphatic rings. The summed E-state index contributed by atoms with van der Waals surface area (Å²) in [5.74, 6) is 0. The van der Waals surface area contributed by atoms with E-state index in [0.717, 1.165) is 11.4 Å². The fourth-order valence-electron chi connectivity index (χ4n) is 1.59. The molecule has 5 heteroatoms. The molecule has 1 rings (SSSR count). The molecule has 1 aromatic heterocycles. The molecular weight excluding hydrogens is 242 g/mol. The second-order valence-electron chi connectivity index (χ2n) is 4.02. The van der Waals surface area contributed by atoms with Crippen molar-refractivity contribution in [2.45, 2.75) is 32.1 Å². The van der Waals surface area contributed by atoms with E-state index in [0.29, 0.717) is 0 Å². The number of rotatable bonds is 5. The fourth-order valence-corrected chi connectivity index (χ4v) is 3.47. The van der Waals surface area contributed by atoms with Crippen molar-refractivity contribution in [2.75, 3.05) is 12.8 Å². The molecule has 0 amide bonds. The minimum atomic E-state index is -3.02. The van der Waals surface area contributed by atoms with Gasteiger partial charge in [-0.2, -0.15) is 0 Å². The van der Waals surface area contributed by atoms with Crippen LogP contribution in [0.2, 0.25) is 0 Å². The van der Waals surface area contributed by atoms with Gasteiger partial charge in [-0.3, -0.25) is 0 Å². The smallest absolute Gasteiger partial charge is 0.151 e. The lowest BCUT2D eigenvalue weighted by Gasteiger charge is -2.22. The maximum atomic E-state index is 11.6. The van der Waals surface area contributed by atoms with E-state index in [1.807, 2.05) is 26.0 Å². The average Bonchev–Trinajstić information content (AvgIpc) is 2.58. The summed E-state index contributed by atoms with van der Waals surface area (Å²) in [6.45, 7) is 6.55. The standard InChI is InChI=1S/C11H19NO2S2/c1-5-12-11(9(3)16(4,13)14)10-7-6-8(2)15-10/h6-7,9,11-12H,5H2,1-4H3. The van der Waals surface area contributed by atoms with Crippen LogP contribution in [0, 0.1) is 6.92 Å². The summed E-state index contributed by atoms with van der Waals surface area (Å²) in [7, 11) is -3.02. The second kappa shape index (κ2) is 5.29. The lowest BCUT2D eigenvalue weighted by molar-refractivity contribution is 0.518. The van der Waals surface area contributed by atoms with E-state index in [1.165, 1.54) is 11.1 Å². The van der Waals surface area contributed by atoms with Crippen molar-refractivity contribution in [3.05, 3.63) is 21.9 Å². The fraction of sp³-hybridized carbons (Fsp3) is 0.636. The molecule has 0 aliphatic carbocycles. The van der Waals surface area contributed by atoms with Gasteiger partial charge in [0.05, 0.1) is 11.3 Å². The molecule has 0 bridgehead atoms. The summed E-state index contributed by atoms with van der Waals surface area (Å²) >= 11 is 1.65. The summed E-state index contributed by atoms with van der Waals surface area (Å²) in [6, 6.07) is 3.94. The molecule has 0 aliphatic heterocycles. The maximum Gasteiger partial charge on any atom is 0.151 e. The predicted molar refractivity (Wildman–Crippen MR) is 69.8 cm³/mol. The number of hydrogen-bond acceptors (Lipinski definition) is 4. The van der Waals surface area contributed by atoms with Crippen LogP contribution in [0.15, 0.2) is 12.1 Å². The minimum absolute atomic E-state index is 0.0984. The Balaban J connectivity index is 3.00. The second-order valence-corrected chi connectivity index (χ2v) is 7.74. The Labute approximate surface area is 102 Å². The van der Waals surface area contributed by atoms with Gasteiger partial charge in [-0.1, -0.05) is 6.92 Å². The predicted octanol–water partition coefficient (Wildman–Crippen LogP) is 2.14. The number of hydrogen-bond donors (Lipinski definition) is 1. The van der Waals surface area contributed by atoms with Crippen molar-refractivity contribution < 1.29 is 8.42 Å². The largest absolute Gasteiger partial charge is 0.308 e. The lowest BCUT2D eigenvalue weighted by atomic mass is 10.2. The molecule has 1 N–H and O–H groups in total. The molecule has 92 valence electrons. The highest BCUT2D eigenvalue weighted by molar-refractivity contribution is 7.91. The third-order valence-electron chi connectivity index (χ3n) is 2.64. The minimum Gasteiger partial charge on any atom is -0.308 e. The van der Waals surface area contributed by atoms with Crippen molar-refractivity contribution in [1.29, 1.82) is 0 Å². The highest BCUT2D eigenvalue weighted by Gasteiger charge is 2.27. The van der Waals surface area contributed by atoms with Gasteiger partial charge in [0.25, 0.3) is 0 Å². The normalized spacial score (nSPS) is 16.0. The zero-order chi connectivity index (χ0) is 12.3. The van der Waals surface area contributed by atoms with Gasteiger partial charge in [0.1, 0.15) is 0 Å². The zero-order valence-electron chi connectivity index (χ0n) is 10.1. The summed E-state index contributed by atoms with van der Waals surface area (Å²) in [6.07, 6.45) is 1.29. The van der Waals surface area contributed by atoms with Crippen molar-refractivity contribution in [3.63, 3.8) is 0 Å². The van der Waals surface area contributed by atoms with Gasteiger partial charge >= 0.3 is 0 Å². The first kappa shape index (κ1) is 13.7. The van der Waals surface area contributed by atoms with E-state index < -0.39 is 15.1 Å². The van der Waals surface area contributed by atoms with Crippen LogP contribution in [0.3, 0.4) is 0 Å². The summed E-state index contributed by atoms with van der Waals surface area (Å²) in [5.41, 5.74) is 0. The van der Waals surface area contributed by atoms with E-state index in [-0.39, 0.29) is 6.04 Å². The summed E-state index contributed by atoms with van der Waals surface area (Å²) < 4.78 is 23.2. The Morgan fingerprint density at radius 1 is 1.44 bits per heavy atom. The third kappa shape index (κ3) is 3.30. The molecule has 3 nitrogen and oxygen atoms in total. The number of aryl methyl sites for hydroxylation is 1. The van der Waals surface area contributed by atoms with E-state index in [9.17, 15) is 8.42 Å². The van der Waals surface area contributed by atoms with E-state index in [4.69, 9.17) is 0 Å². The zero-order valence-corrected chi connectivity index (χ0v) is 11.8. The number of nitrogens with one attached hydrogen (secondary N) is 1. The summed E-state index contributed by atoms with van der Waals surface area (Å²) in [5, 5.41) is 2.85. The lowest BCUT2D eigenvalue weighted by Crippen LogP contribution is -2.34. The first-order valence-electron chi connectivity index (χ1n) is 5.34. The van der Waals surface area contributed by atoms with Crippen LogP contribution in [0.5, 0.6) is 0 Å². The Morgan fingerprint density at radius 2 is 2.06 bits per heavy atom. The first-order chi connectivity index (χ1) is 7.36. The van der Waals surface area contributed by atoms with E-state index in [1.54, 1.807) is 18.3 Å². The summed E-state index contributed by atoms with van der Waals surface area (Å²) in [4.78, 5) is 2.30. The highest BCUT2D eigenvalue weighted by Crippen LogP contribution is 2.27. The molecule has 0 spiro atoms. The number of sulfone groups is 1. The maximum absolute atomic E-state index is 11.6. The molecular formula is C11H19NO2S2. The molecule has 1 heterocycles. The van der Waals surface area contributed by atoms with Gasteiger partial charge in [-0.25, -0.2) is 8.42 Å². The third-order valence-corrected chi connectivity index (χ3v) is 5.34. The molecule has 0 radical (unpaired) electrons. The van der Waals surface area contributed by atoms with Crippen LogP contribution in [0.1, 0.15) is 29.6 Å². The van der Waals surface area contributed by atoms with Crippen molar-refractivity contribution >= 4 is 21.2 Å². The Kier molecular flexibility index (Phi) is 4.52. The van der Waals surface area contributed by atoms with Crippen LogP contribution >= 0.6 is 11.3 Å². The van der Waals surface area contributed by atoms with Gasteiger partial charge < -0.3 is 5.32 Å². The van der Waals surface area contributed by atoms with Gasteiger partial charge in [0, 0.05) is 16.0 Å². The van der Waals surface area contributed by atoms with Crippen LogP contribution in [0.4, 0.5) is 0 Å². The molecule has 0 saturated carbocycles. The SMILES string of the molecule is CCNC(c1ccc(C)s1)C(C)S(C)(=O)=O. The van der Waals surface area contributed by atoms with Gasteiger partial charge in [-0.05, 0) is 32.5 Å². The van der Waals surface area contributed by atoms with Gasteiger partial charge in [0.2, 0.25) is 0 Å². The molecule has 0 aromatic carbocycles. The van der Waals surface area contributed by atoms with E-state index >= 15 is 0 Å². The molecule has 0 fully saturated rings. The van der Waals surface area contributed by atoms with Crippen molar-refractivity contribution in [2.24, 2.45) is 0 Å². The quantitative estimate of drug-likeness (QED) is 0.883. The van der Waals surface area contributed by atoms with Crippen LogP contribution in [0.25, 0.3) is 0 Å². The molecule has 16 heavy (non-hydrogen) atoms. The van der Waals surface area contributed by atoms with E-state index in [2.05, 4.69) is 5.32 Å². The highest BCUT2D eigenvalue weighted by atomic mass is 32.2. The Morgan fingerprint density at radius 3 is 2.44 bits per heavy atom. The molecule has 0 saturated heterocycles. The Bertz CT molecular complexity index is 437. The monoisotopic (exact) mass is 261 g/mol.